The van der Waals surface area contributed by atoms with E-state index in [9.17, 15) is 4.79 Å². The molecule has 5 nitrogen and oxygen atoms in total. The number of nitrogens with zero attached hydrogens (tertiary/aromatic N) is 1. The minimum absolute atomic E-state index is 0.00776. The molecule has 0 saturated carbocycles. The van der Waals surface area contributed by atoms with Crippen LogP contribution in [0.2, 0.25) is 0 Å². The van der Waals surface area contributed by atoms with Crippen LogP contribution in [0.15, 0.2) is 60.4 Å². The molecular formula is C24H25NO4. The average Bonchev–Trinajstić information content (AvgIpc) is 2.77. The number of allylic oxidation sites excluding steroid dienone is 1. The fourth-order valence-corrected chi connectivity index (χ4v) is 3.12. The minimum Gasteiger partial charge on any atom is -0.459 e. The SMILES string of the molecule is C#Cc1ccc([C@H]2C=C(C(=O)N(C)C)O[C@@H](OCc3ccc(CO)cc3)C2)cc1. The highest BCUT2D eigenvalue weighted by Gasteiger charge is 2.29. The molecule has 2 aromatic rings. The van der Waals surface area contributed by atoms with Gasteiger partial charge in [0, 0.05) is 32.0 Å². The van der Waals surface area contributed by atoms with Gasteiger partial charge in [-0.15, -0.1) is 6.42 Å². The molecule has 0 unspecified atom stereocenters. The summed E-state index contributed by atoms with van der Waals surface area (Å²) in [6.07, 6.45) is 7.34. The first-order valence-corrected chi connectivity index (χ1v) is 9.47. The zero-order valence-electron chi connectivity index (χ0n) is 16.7. The van der Waals surface area contributed by atoms with Crippen molar-refractivity contribution < 1.29 is 19.4 Å². The van der Waals surface area contributed by atoms with E-state index < -0.39 is 6.29 Å². The second-order valence-corrected chi connectivity index (χ2v) is 7.17. The van der Waals surface area contributed by atoms with Gasteiger partial charge in [0.1, 0.15) is 0 Å². The third-order valence-electron chi connectivity index (χ3n) is 4.82. The van der Waals surface area contributed by atoms with Crippen molar-refractivity contribution in [3.63, 3.8) is 0 Å². The van der Waals surface area contributed by atoms with Crippen molar-refractivity contribution in [1.82, 2.24) is 4.90 Å². The number of ether oxygens (including phenoxy) is 2. The molecule has 5 heteroatoms. The van der Waals surface area contributed by atoms with E-state index in [2.05, 4.69) is 5.92 Å². The molecule has 0 fully saturated rings. The zero-order valence-corrected chi connectivity index (χ0v) is 16.7. The predicted octanol–water partition coefficient (Wildman–Crippen LogP) is 3.18. The number of amides is 1. The number of aliphatic hydroxyl groups is 1. The van der Waals surface area contributed by atoms with Gasteiger partial charge in [0.25, 0.3) is 5.91 Å². The summed E-state index contributed by atoms with van der Waals surface area (Å²) >= 11 is 0. The van der Waals surface area contributed by atoms with Crippen molar-refractivity contribution in [2.45, 2.75) is 31.8 Å². The van der Waals surface area contributed by atoms with Gasteiger partial charge < -0.3 is 19.5 Å². The number of rotatable bonds is 6. The van der Waals surface area contributed by atoms with Crippen molar-refractivity contribution >= 4 is 5.91 Å². The van der Waals surface area contributed by atoms with Crippen LogP contribution >= 0.6 is 0 Å². The van der Waals surface area contributed by atoms with Gasteiger partial charge in [0.15, 0.2) is 5.76 Å². The van der Waals surface area contributed by atoms with Crippen molar-refractivity contribution in [2.75, 3.05) is 14.1 Å². The largest absolute Gasteiger partial charge is 0.459 e. The highest BCUT2D eigenvalue weighted by molar-refractivity contribution is 5.91. The summed E-state index contributed by atoms with van der Waals surface area (Å²) in [7, 11) is 3.38. The molecule has 1 heterocycles. The third-order valence-corrected chi connectivity index (χ3v) is 4.82. The van der Waals surface area contributed by atoms with Crippen LogP contribution in [0.25, 0.3) is 0 Å². The molecule has 0 aliphatic carbocycles. The Hall–Kier alpha value is -3.07. The van der Waals surface area contributed by atoms with E-state index in [1.807, 2.05) is 54.6 Å². The zero-order chi connectivity index (χ0) is 20.8. The Balaban J connectivity index is 1.76. The van der Waals surface area contributed by atoms with Crippen LogP contribution in [0.1, 0.15) is 34.6 Å². The van der Waals surface area contributed by atoms with Crippen LogP contribution in [-0.4, -0.2) is 36.3 Å². The quantitative estimate of drug-likeness (QED) is 0.769. The van der Waals surface area contributed by atoms with Crippen LogP contribution in [-0.2, 0) is 27.5 Å². The summed E-state index contributed by atoms with van der Waals surface area (Å²) in [6.45, 7) is 0.358. The molecule has 0 aromatic heterocycles. The second kappa shape index (κ2) is 9.42. The number of aliphatic hydroxyl groups excluding tert-OH is 1. The van der Waals surface area contributed by atoms with E-state index in [4.69, 9.17) is 21.0 Å². The van der Waals surface area contributed by atoms with Gasteiger partial charge in [0.2, 0.25) is 6.29 Å². The number of carbonyl (C=O) groups is 1. The molecule has 0 spiro atoms. The molecule has 150 valence electrons. The first-order valence-electron chi connectivity index (χ1n) is 9.47. The highest BCUT2D eigenvalue weighted by Crippen LogP contribution is 2.32. The van der Waals surface area contributed by atoms with E-state index in [1.165, 1.54) is 4.90 Å². The maximum atomic E-state index is 12.5. The fraction of sp³-hybridized carbons (Fsp3) is 0.292. The standard InChI is InChI=1S/C24H25NO4/c1-4-17-9-11-20(12-10-17)21-13-22(24(27)25(2)3)29-23(14-21)28-16-19-7-5-18(15-26)6-8-19/h1,5-13,21,23,26H,14-16H2,2-3H3/t21-,23+/m0/s1. The second-order valence-electron chi connectivity index (χ2n) is 7.17. The Morgan fingerprint density at radius 1 is 1.17 bits per heavy atom. The first kappa shape index (κ1) is 20.7. The van der Waals surface area contributed by atoms with Crippen LogP contribution in [0, 0.1) is 12.3 Å². The predicted molar refractivity (Wildman–Crippen MR) is 111 cm³/mol. The van der Waals surface area contributed by atoms with E-state index in [0.717, 1.165) is 22.3 Å². The third kappa shape index (κ3) is 5.26. The van der Waals surface area contributed by atoms with E-state index >= 15 is 0 Å². The molecule has 2 aromatic carbocycles. The number of hydrogen-bond acceptors (Lipinski definition) is 4. The lowest BCUT2D eigenvalue weighted by Crippen LogP contribution is -2.32. The molecule has 2 atom stereocenters. The van der Waals surface area contributed by atoms with Crippen LogP contribution in [0.4, 0.5) is 0 Å². The summed E-state index contributed by atoms with van der Waals surface area (Å²) < 4.78 is 11.8. The smallest absolute Gasteiger partial charge is 0.288 e. The van der Waals surface area contributed by atoms with Crippen molar-refractivity contribution in [3.8, 4) is 12.3 Å². The highest BCUT2D eigenvalue weighted by atomic mass is 16.7. The summed E-state index contributed by atoms with van der Waals surface area (Å²) in [5.41, 5.74) is 3.68. The molecule has 1 amide bonds. The first-order chi connectivity index (χ1) is 14.0. The van der Waals surface area contributed by atoms with Gasteiger partial charge in [-0.05, 0) is 34.9 Å². The Morgan fingerprint density at radius 2 is 1.83 bits per heavy atom. The average molecular weight is 391 g/mol. The summed E-state index contributed by atoms with van der Waals surface area (Å²) in [5.74, 6) is 2.68. The van der Waals surface area contributed by atoms with Crippen molar-refractivity contribution in [2.24, 2.45) is 0 Å². The Bertz CT molecular complexity index is 907. The Morgan fingerprint density at radius 3 is 2.41 bits per heavy atom. The maximum Gasteiger partial charge on any atom is 0.288 e. The Labute approximate surface area is 171 Å². The molecule has 0 radical (unpaired) electrons. The van der Waals surface area contributed by atoms with Crippen LogP contribution < -0.4 is 0 Å². The molecule has 1 N–H and O–H groups in total. The topological polar surface area (TPSA) is 59.0 Å². The van der Waals surface area contributed by atoms with Gasteiger partial charge >= 0.3 is 0 Å². The number of likely N-dealkylation sites (N-methyl/N-ethyl adjacent to an activating group) is 1. The summed E-state index contributed by atoms with van der Waals surface area (Å²) in [5, 5.41) is 9.15. The van der Waals surface area contributed by atoms with Crippen LogP contribution in [0.5, 0.6) is 0 Å². The molecular weight excluding hydrogens is 366 g/mol. The van der Waals surface area contributed by atoms with Gasteiger partial charge in [-0.25, -0.2) is 0 Å². The minimum atomic E-state index is -0.547. The van der Waals surface area contributed by atoms with Crippen molar-refractivity contribution in [1.29, 1.82) is 0 Å². The maximum absolute atomic E-state index is 12.5. The lowest BCUT2D eigenvalue weighted by Gasteiger charge is -2.30. The van der Waals surface area contributed by atoms with Gasteiger partial charge in [-0.3, -0.25) is 4.79 Å². The molecule has 29 heavy (non-hydrogen) atoms. The van der Waals surface area contributed by atoms with E-state index in [-0.39, 0.29) is 24.2 Å². The lowest BCUT2D eigenvalue weighted by atomic mass is 9.92. The number of benzene rings is 2. The molecule has 1 aliphatic rings. The monoisotopic (exact) mass is 391 g/mol. The molecule has 0 bridgehead atoms. The number of carbonyl (C=O) groups excluding carboxylic acids is 1. The molecule has 1 aliphatic heterocycles. The summed E-state index contributed by atoms with van der Waals surface area (Å²) in [4.78, 5) is 14.0. The van der Waals surface area contributed by atoms with E-state index in [1.54, 1.807) is 14.1 Å². The lowest BCUT2D eigenvalue weighted by molar-refractivity contribution is -0.154. The molecule has 0 saturated heterocycles. The molecule has 3 rings (SSSR count). The number of hydrogen-bond donors (Lipinski definition) is 1. The van der Waals surface area contributed by atoms with Gasteiger partial charge in [-0.1, -0.05) is 42.3 Å². The summed E-state index contributed by atoms with van der Waals surface area (Å²) in [6, 6.07) is 15.3. The van der Waals surface area contributed by atoms with Gasteiger partial charge in [0.05, 0.1) is 13.2 Å². The fourth-order valence-electron chi connectivity index (χ4n) is 3.12. The van der Waals surface area contributed by atoms with Crippen LogP contribution in [0.3, 0.4) is 0 Å². The van der Waals surface area contributed by atoms with Gasteiger partial charge in [-0.2, -0.15) is 0 Å². The normalized spacial score (nSPS) is 18.3. The van der Waals surface area contributed by atoms with E-state index in [0.29, 0.717) is 13.0 Å². The van der Waals surface area contributed by atoms with Crippen molar-refractivity contribution in [3.05, 3.63) is 82.6 Å². The Kier molecular flexibility index (Phi) is 6.71. The number of terminal acetylenes is 1.